The molecular formula is C28H33F3N10O2. The highest BCUT2D eigenvalue weighted by atomic mass is 19.4. The monoisotopic (exact) mass is 598 g/mol. The van der Waals surface area contributed by atoms with Gasteiger partial charge in [0.2, 0.25) is 5.82 Å². The first-order valence-electron chi connectivity index (χ1n) is 14.2. The molecule has 6 rings (SSSR count). The van der Waals surface area contributed by atoms with Crippen LogP contribution in [-0.2, 0) is 17.5 Å². The molecule has 12 nitrogen and oxygen atoms in total. The van der Waals surface area contributed by atoms with Gasteiger partial charge < -0.3 is 14.6 Å². The first-order chi connectivity index (χ1) is 20.7. The Labute approximate surface area is 245 Å². The van der Waals surface area contributed by atoms with Gasteiger partial charge in [-0.2, -0.15) is 18.3 Å². The molecule has 0 aromatic carbocycles. The maximum Gasteiger partial charge on any atom is 0.451 e. The zero-order chi connectivity index (χ0) is 30.1. The molecule has 0 atom stereocenters. The van der Waals surface area contributed by atoms with Crippen LogP contribution in [0.5, 0.6) is 0 Å². The van der Waals surface area contributed by atoms with Gasteiger partial charge in [-0.1, -0.05) is 0 Å². The number of amides is 1. The molecule has 43 heavy (non-hydrogen) atoms. The van der Waals surface area contributed by atoms with Crippen LogP contribution in [0.15, 0.2) is 37.1 Å². The van der Waals surface area contributed by atoms with Gasteiger partial charge in [0.15, 0.2) is 0 Å². The minimum absolute atomic E-state index is 0.140. The van der Waals surface area contributed by atoms with E-state index in [1.807, 2.05) is 29.3 Å². The number of methoxy groups -OCH3 is 1. The van der Waals surface area contributed by atoms with Crippen LogP contribution in [0.25, 0.3) is 22.3 Å². The predicted molar refractivity (Wildman–Crippen MR) is 150 cm³/mol. The summed E-state index contributed by atoms with van der Waals surface area (Å²) in [5.74, 6) is -1.80. The molecular weight excluding hydrogens is 565 g/mol. The number of halogens is 3. The molecule has 0 bridgehead atoms. The van der Waals surface area contributed by atoms with Crippen LogP contribution in [0.4, 0.5) is 13.2 Å². The summed E-state index contributed by atoms with van der Waals surface area (Å²) in [4.78, 5) is 38.1. The molecule has 0 unspecified atom stereocenters. The molecule has 0 saturated carbocycles. The van der Waals surface area contributed by atoms with Crippen molar-refractivity contribution in [2.24, 2.45) is 0 Å². The van der Waals surface area contributed by atoms with Crippen LogP contribution in [0, 0.1) is 0 Å². The number of aromatic nitrogens is 7. The van der Waals surface area contributed by atoms with Crippen molar-refractivity contribution in [1.29, 1.82) is 0 Å². The SMILES string of the molecule is COCCN(C)Cc1cc(C(=O)N2CCC(N3CC(n4cc(-c5ncnc6[nH]ccc56)cn4)C3)CC2)nc(C(F)(F)F)n1. The van der Waals surface area contributed by atoms with Crippen molar-refractivity contribution in [3.8, 4) is 11.3 Å². The second-order valence-electron chi connectivity index (χ2n) is 11.1. The lowest BCUT2D eigenvalue weighted by atomic mass is 9.97. The maximum absolute atomic E-state index is 13.6. The number of rotatable bonds is 9. The Balaban J connectivity index is 1.05. The summed E-state index contributed by atoms with van der Waals surface area (Å²) >= 11 is 0. The Hall–Kier alpha value is -3.95. The highest BCUT2D eigenvalue weighted by Gasteiger charge is 2.38. The lowest BCUT2D eigenvalue weighted by Gasteiger charge is -2.47. The summed E-state index contributed by atoms with van der Waals surface area (Å²) in [5, 5.41) is 5.53. The summed E-state index contributed by atoms with van der Waals surface area (Å²) in [5.41, 5.74) is 2.46. The van der Waals surface area contributed by atoms with Gasteiger partial charge in [0, 0.05) is 75.8 Å². The smallest absolute Gasteiger partial charge is 0.383 e. The third kappa shape index (κ3) is 6.24. The van der Waals surface area contributed by atoms with Gasteiger partial charge in [-0.3, -0.25) is 19.3 Å². The van der Waals surface area contributed by atoms with E-state index in [9.17, 15) is 18.0 Å². The Bertz CT molecular complexity index is 1570. The molecule has 0 spiro atoms. The number of piperidine rings is 1. The van der Waals surface area contributed by atoms with Gasteiger partial charge in [-0.25, -0.2) is 19.9 Å². The molecule has 228 valence electrons. The summed E-state index contributed by atoms with van der Waals surface area (Å²) in [6.45, 7) is 3.65. The van der Waals surface area contributed by atoms with E-state index in [2.05, 4.69) is 34.9 Å². The normalized spacial score (nSPS) is 17.2. The highest BCUT2D eigenvalue weighted by Crippen LogP contribution is 2.31. The molecule has 1 amide bonds. The lowest BCUT2D eigenvalue weighted by molar-refractivity contribution is -0.145. The number of carbonyl (C=O) groups is 1. The van der Waals surface area contributed by atoms with Gasteiger partial charge >= 0.3 is 6.18 Å². The van der Waals surface area contributed by atoms with Crippen LogP contribution in [0.1, 0.15) is 40.9 Å². The Morgan fingerprint density at radius 2 is 1.95 bits per heavy atom. The van der Waals surface area contributed by atoms with E-state index >= 15 is 0 Å². The number of H-pyrrole nitrogens is 1. The number of hydrogen-bond donors (Lipinski definition) is 1. The van der Waals surface area contributed by atoms with Gasteiger partial charge in [-0.05, 0) is 32.0 Å². The van der Waals surface area contributed by atoms with Gasteiger partial charge in [0.25, 0.3) is 5.91 Å². The van der Waals surface area contributed by atoms with Gasteiger partial charge in [0.1, 0.15) is 17.7 Å². The first kappa shape index (κ1) is 29.1. The van der Waals surface area contributed by atoms with Crippen molar-refractivity contribution in [2.75, 3.05) is 53.5 Å². The average Bonchev–Trinajstić information content (AvgIpc) is 3.65. The van der Waals surface area contributed by atoms with E-state index in [0.29, 0.717) is 26.2 Å². The molecule has 6 heterocycles. The number of aromatic amines is 1. The second kappa shape index (κ2) is 12.0. The Morgan fingerprint density at radius 1 is 1.16 bits per heavy atom. The van der Waals surface area contributed by atoms with Crippen LogP contribution in [0.3, 0.4) is 0 Å². The molecule has 4 aromatic heterocycles. The number of nitrogens with one attached hydrogen (secondary N) is 1. The third-order valence-corrected chi connectivity index (χ3v) is 8.12. The summed E-state index contributed by atoms with van der Waals surface area (Å²) < 4.78 is 47.7. The number of fused-ring (bicyclic) bond motifs is 1. The van der Waals surface area contributed by atoms with E-state index in [4.69, 9.17) is 4.74 Å². The summed E-state index contributed by atoms with van der Waals surface area (Å²) in [6.07, 6.45) is 3.93. The minimum Gasteiger partial charge on any atom is -0.383 e. The van der Waals surface area contributed by atoms with Gasteiger partial charge in [-0.15, -0.1) is 0 Å². The van der Waals surface area contributed by atoms with Crippen molar-refractivity contribution >= 4 is 16.9 Å². The second-order valence-corrected chi connectivity index (χ2v) is 11.1. The average molecular weight is 599 g/mol. The molecule has 2 aliphatic heterocycles. The first-order valence-corrected chi connectivity index (χ1v) is 14.2. The number of alkyl halides is 3. The molecule has 1 N–H and O–H groups in total. The van der Waals surface area contributed by atoms with Crippen molar-refractivity contribution in [1.82, 2.24) is 49.4 Å². The van der Waals surface area contributed by atoms with Crippen molar-refractivity contribution in [2.45, 2.75) is 37.6 Å². The maximum atomic E-state index is 13.6. The highest BCUT2D eigenvalue weighted by molar-refractivity contribution is 5.92. The van der Waals surface area contributed by atoms with E-state index in [0.717, 1.165) is 48.2 Å². The third-order valence-electron chi connectivity index (χ3n) is 8.12. The molecule has 4 aromatic rings. The van der Waals surface area contributed by atoms with E-state index in [1.54, 1.807) is 24.0 Å². The predicted octanol–water partition coefficient (Wildman–Crippen LogP) is 2.87. The van der Waals surface area contributed by atoms with Crippen LogP contribution in [-0.4, -0.2) is 115 Å². The number of nitrogens with zero attached hydrogens (tertiary/aromatic N) is 9. The number of likely N-dealkylation sites (N-methyl/N-ethyl adjacent to an activating group) is 1. The number of hydrogen-bond acceptors (Lipinski definition) is 9. The molecule has 15 heteroatoms. The largest absolute Gasteiger partial charge is 0.451 e. The molecule has 0 radical (unpaired) electrons. The van der Waals surface area contributed by atoms with Crippen LogP contribution < -0.4 is 0 Å². The van der Waals surface area contributed by atoms with Crippen molar-refractivity contribution in [3.63, 3.8) is 0 Å². The van der Waals surface area contributed by atoms with E-state index in [1.165, 1.54) is 12.4 Å². The lowest BCUT2D eigenvalue weighted by Crippen LogP contribution is -2.56. The van der Waals surface area contributed by atoms with Gasteiger partial charge in [0.05, 0.1) is 30.2 Å². The molecule has 2 fully saturated rings. The topological polar surface area (TPSA) is 121 Å². The number of likely N-dealkylation sites (tertiary alicyclic amines) is 2. The number of ether oxygens (including phenoxy) is 1. The van der Waals surface area contributed by atoms with Crippen molar-refractivity contribution < 1.29 is 22.7 Å². The van der Waals surface area contributed by atoms with Crippen molar-refractivity contribution in [3.05, 3.63) is 54.3 Å². The summed E-state index contributed by atoms with van der Waals surface area (Å²) in [6, 6.07) is 3.84. The fraction of sp³-hybridized carbons (Fsp3) is 0.500. The molecule has 2 aliphatic rings. The fourth-order valence-electron chi connectivity index (χ4n) is 5.73. The fourth-order valence-corrected chi connectivity index (χ4v) is 5.73. The quantitative estimate of drug-likeness (QED) is 0.310. The molecule has 2 saturated heterocycles. The molecule has 0 aliphatic carbocycles. The summed E-state index contributed by atoms with van der Waals surface area (Å²) in [7, 11) is 3.31. The van der Waals surface area contributed by atoms with Crippen LogP contribution >= 0.6 is 0 Å². The minimum atomic E-state index is -4.75. The van der Waals surface area contributed by atoms with E-state index < -0.39 is 17.9 Å². The standard InChI is InChI=1S/C28H33F3N10O2/c1-38(9-10-43-2)14-19-11-23(37-27(36-19)28(29,30)31)26(42)39-7-4-20(5-8-39)40-15-21(16-40)41-13-18(12-35-41)24-22-3-6-32-25(22)34-17-33-24/h3,6,11-13,17,20-21H,4-5,7-10,14-16H2,1-2H3,(H,32,33,34). The number of carbonyl (C=O) groups excluding carboxylic acids is 1. The zero-order valence-electron chi connectivity index (χ0n) is 24.0. The Kier molecular flexibility index (Phi) is 8.11. The zero-order valence-corrected chi connectivity index (χ0v) is 24.0. The van der Waals surface area contributed by atoms with Crippen LogP contribution in [0.2, 0.25) is 0 Å². The van der Waals surface area contributed by atoms with E-state index in [-0.39, 0.29) is 30.0 Å². The Morgan fingerprint density at radius 3 is 2.70 bits per heavy atom.